The van der Waals surface area contributed by atoms with Crippen molar-refractivity contribution in [1.29, 1.82) is 0 Å². The summed E-state index contributed by atoms with van der Waals surface area (Å²) in [5.74, 6) is 0.514. The summed E-state index contributed by atoms with van der Waals surface area (Å²) in [7, 11) is 0. The van der Waals surface area contributed by atoms with Gasteiger partial charge in [-0.25, -0.2) is 0 Å². The molecule has 1 unspecified atom stereocenters. The summed E-state index contributed by atoms with van der Waals surface area (Å²) < 4.78 is 5.12. The van der Waals surface area contributed by atoms with Gasteiger partial charge >= 0.3 is 0 Å². The summed E-state index contributed by atoms with van der Waals surface area (Å²) in [6.45, 7) is 4.93. The standard InChI is InChI=1S/C7H11NO2/c1-2-6(5-9)7-8-3-4-10-7/h2,6,9H,1,3-5H2. The van der Waals surface area contributed by atoms with E-state index in [4.69, 9.17) is 9.84 Å². The van der Waals surface area contributed by atoms with Crippen LogP contribution in [0.15, 0.2) is 17.6 Å². The van der Waals surface area contributed by atoms with Crippen LogP contribution in [0.5, 0.6) is 0 Å². The Bertz CT molecular complexity index is 154. The van der Waals surface area contributed by atoms with Crippen LogP contribution >= 0.6 is 0 Å². The molecule has 1 rings (SSSR count). The fraction of sp³-hybridized carbons (Fsp3) is 0.571. The third-order valence-electron chi connectivity index (χ3n) is 1.41. The van der Waals surface area contributed by atoms with Crippen LogP contribution in [0.25, 0.3) is 0 Å². The fourth-order valence-electron chi connectivity index (χ4n) is 0.829. The van der Waals surface area contributed by atoms with Crippen molar-refractivity contribution >= 4 is 5.90 Å². The number of aliphatic hydroxyl groups is 1. The SMILES string of the molecule is C=CC(CO)C1=NCCO1. The number of aliphatic imine (C=N–C) groups is 1. The van der Waals surface area contributed by atoms with E-state index in [1.54, 1.807) is 6.08 Å². The first-order valence-corrected chi connectivity index (χ1v) is 3.29. The lowest BCUT2D eigenvalue weighted by Gasteiger charge is -2.07. The van der Waals surface area contributed by atoms with Crippen LogP contribution in [0.2, 0.25) is 0 Å². The van der Waals surface area contributed by atoms with Gasteiger partial charge in [-0.05, 0) is 0 Å². The van der Waals surface area contributed by atoms with Gasteiger partial charge in [0.1, 0.15) is 6.61 Å². The number of ether oxygens (including phenoxy) is 1. The van der Waals surface area contributed by atoms with Crippen molar-refractivity contribution in [3.63, 3.8) is 0 Å². The maximum atomic E-state index is 8.75. The molecule has 0 aromatic heterocycles. The zero-order valence-electron chi connectivity index (χ0n) is 5.79. The first-order valence-electron chi connectivity index (χ1n) is 3.29. The first-order chi connectivity index (χ1) is 4.88. The van der Waals surface area contributed by atoms with Gasteiger partial charge in [0.25, 0.3) is 0 Å². The molecule has 10 heavy (non-hydrogen) atoms. The molecular formula is C7H11NO2. The third kappa shape index (κ3) is 1.36. The second-order valence-corrected chi connectivity index (χ2v) is 2.09. The summed E-state index contributed by atoms with van der Waals surface area (Å²) >= 11 is 0. The van der Waals surface area contributed by atoms with Crippen molar-refractivity contribution in [1.82, 2.24) is 0 Å². The molecule has 0 bridgehead atoms. The zero-order chi connectivity index (χ0) is 7.40. The van der Waals surface area contributed by atoms with Gasteiger partial charge in [0.05, 0.1) is 19.1 Å². The highest BCUT2D eigenvalue weighted by atomic mass is 16.5. The molecule has 0 aliphatic carbocycles. The van der Waals surface area contributed by atoms with Gasteiger partial charge in [0.15, 0.2) is 5.90 Å². The number of rotatable bonds is 3. The lowest BCUT2D eigenvalue weighted by atomic mass is 10.1. The third-order valence-corrected chi connectivity index (χ3v) is 1.41. The Balaban J connectivity index is 2.51. The van der Waals surface area contributed by atoms with E-state index in [1.807, 2.05) is 0 Å². The van der Waals surface area contributed by atoms with Gasteiger partial charge in [0, 0.05) is 0 Å². The molecule has 1 heterocycles. The smallest absolute Gasteiger partial charge is 0.192 e. The van der Waals surface area contributed by atoms with Gasteiger partial charge in [-0.15, -0.1) is 6.58 Å². The highest BCUT2D eigenvalue weighted by molar-refractivity contribution is 5.81. The predicted molar refractivity (Wildman–Crippen MR) is 39.0 cm³/mol. The molecule has 0 aromatic rings. The van der Waals surface area contributed by atoms with Crippen molar-refractivity contribution < 1.29 is 9.84 Å². The fourth-order valence-corrected chi connectivity index (χ4v) is 0.829. The molecule has 1 aliphatic heterocycles. The van der Waals surface area contributed by atoms with Crippen molar-refractivity contribution in [2.75, 3.05) is 19.8 Å². The van der Waals surface area contributed by atoms with Crippen LogP contribution in [0.4, 0.5) is 0 Å². The molecule has 1 atom stereocenters. The summed E-state index contributed by atoms with van der Waals surface area (Å²) in [6.07, 6.45) is 1.64. The average Bonchev–Trinajstić information content (AvgIpc) is 2.43. The summed E-state index contributed by atoms with van der Waals surface area (Å²) in [6, 6.07) is 0. The predicted octanol–water partition coefficient (Wildman–Crippen LogP) is 0.210. The second-order valence-electron chi connectivity index (χ2n) is 2.09. The van der Waals surface area contributed by atoms with Gasteiger partial charge in [0.2, 0.25) is 0 Å². The van der Waals surface area contributed by atoms with Crippen LogP contribution in [-0.2, 0) is 4.74 Å². The highest BCUT2D eigenvalue weighted by Gasteiger charge is 2.15. The van der Waals surface area contributed by atoms with E-state index in [0.717, 1.165) is 0 Å². The minimum absolute atomic E-state index is 0.0301. The lowest BCUT2D eigenvalue weighted by molar-refractivity contribution is 0.254. The van der Waals surface area contributed by atoms with E-state index in [-0.39, 0.29) is 12.5 Å². The van der Waals surface area contributed by atoms with E-state index in [1.165, 1.54) is 0 Å². The molecule has 0 saturated carbocycles. The normalized spacial score (nSPS) is 19.5. The van der Waals surface area contributed by atoms with Gasteiger partial charge in [-0.1, -0.05) is 6.08 Å². The molecule has 56 valence electrons. The van der Waals surface area contributed by atoms with Crippen LogP contribution in [0.3, 0.4) is 0 Å². The number of hydrogen-bond acceptors (Lipinski definition) is 3. The van der Waals surface area contributed by atoms with Crippen LogP contribution in [0.1, 0.15) is 0 Å². The van der Waals surface area contributed by atoms with Gasteiger partial charge < -0.3 is 9.84 Å². The Labute approximate surface area is 60.0 Å². The Kier molecular flexibility index (Phi) is 2.45. The Morgan fingerprint density at radius 1 is 1.90 bits per heavy atom. The van der Waals surface area contributed by atoms with E-state index >= 15 is 0 Å². The molecule has 0 spiro atoms. The largest absolute Gasteiger partial charge is 0.479 e. The van der Waals surface area contributed by atoms with Crippen molar-refractivity contribution in [2.45, 2.75) is 0 Å². The van der Waals surface area contributed by atoms with E-state index < -0.39 is 0 Å². The maximum Gasteiger partial charge on any atom is 0.192 e. The van der Waals surface area contributed by atoms with Crippen LogP contribution in [0, 0.1) is 5.92 Å². The second kappa shape index (κ2) is 3.37. The molecule has 0 aromatic carbocycles. The molecule has 3 nitrogen and oxygen atoms in total. The van der Waals surface area contributed by atoms with E-state index in [2.05, 4.69) is 11.6 Å². The molecule has 1 N–H and O–H groups in total. The first kappa shape index (κ1) is 7.28. The summed E-state index contributed by atoms with van der Waals surface area (Å²) in [5, 5.41) is 8.75. The Hall–Kier alpha value is -0.830. The van der Waals surface area contributed by atoms with Gasteiger partial charge in [-0.2, -0.15) is 0 Å². The van der Waals surface area contributed by atoms with Gasteiger partial charge in [-0.3, -0.25) is 4.99 Å². The van der Waals surface area contributed by atoms with E-state index in [9.17, 15) is 0 Å². The lowest BCUT2D eigenvalue weighted by Crippen LogP contribution is -2.15. The van der Waals surface area contributed by atoms with Crippen LogP contribution < -0.4 is 0 Å². The van der Waals surface area contributed by atoms with Crippen molar-refractivity contribution in [3.05, 3.63) is 12.7 Å². The zero-order valence-corrected chi connectivity index (χ0v) is 5.79. The monoisotopic (exact) mass is 141 g/mol. The molecule has 0 amide bonds. The summed E-state index contributed by atoms with van der Waals surface area (Å²) in [5.41, 5.74) is 0. The molecule has 1 aliphatic rings. The molecule has 3 heteroatoms. The minimum atomic E-state index is -0.109. The summed E-state index contributed by atoms with van der Waals surface area (Å²) in [4.78, 5) is 4.04. The molecular weight excluding hydrogens is 130 g/mol. The van der Waals surface area contributed by atoms with E-state index in [0.29, 0.717) is 19.0 Å². The quantitative estimate of drug-likeness (QED) is 0.571. The number of aliphatic hydroxyl groups excluding tert-OH is 1. The molecule has 0 radical (unpaired) electrons. The maximum absolute atomic E-state index is 8.75. The Morgan fingerprint density at radius 3 is 3.10 bits per heavy atom. The molecule has 0 saturated heterocycles. The highest BCUT2D eigenvalue weighted by Crippen LogP contribution is 2.06. The van der Waals surface area contributed by atoms with Crippen molar-refractivity contribution in [3.8, 4) is 0 Å². The Morgan fingerprint density at radius 2 is 2.70 bits per heavy atom. The molecule has 0 fully saturated rings. The number of nitrogens with zero attached hydrogens (tertiary/aromatic N) is 1. The topological polar surface area (TPSA) is 41.8 Å². The number of hydrogen-bond donors (Lipinski definition) is 1. The minimum Gasteiger partial charge on any atom is -0.479 e. The van der Waals surface area contributed by atoms with Crippen LogP contribution in [-0.4, -0.2) is 30.8 Å². The van der Waals surface area contributed by atoms with Crippen molar-refractivity contribution in [2.24, 2.45) is 10.9 Å². The average molecular weight is 141 g/mol.